The summed E-state index contributed by atoms with van der Waals surface area (Å²) in [6.07, 6.45) is 0. The van der Waals surface area contributed by atoms with Gasteiger partial charge < -0.3 is 5.32 Å². The first-order chi connectivity index (χ1) is 8.13. The lowest BCUT2D eigenvalue weighted by Crippen LogP contribution is -2.12. The Morgan fingerprint density at radius 2 is 2.24 bits per heavy atom. The monoisotopic (exact) mass is 315 g/mol. The first-order valence-corrected chi connectivity index (χ1v) is 6.18. The highest BCUT2D eigenvalue weighted by atomic mass is 79.9. The van der Waals surface area contributed by atoms with Crippen LogP contribution in [0.25, 0.3) is 5.69 Å². The highest BCUT2D eigenvalue weighted by Gasteiger charge is 2.12. The minimum absolute atomic E-state index is 0.588. The summed E-state index contributed by atoms with van der Waals surface area (Å²) >= 11 is 9.61. The van der Waals surface area contributed by atoms with E-state index in [1.807, 2.05) is 26.1 Å². The van der Waals surface area contributed by atoms with Gasteiger partial charge in [0.2, 0.25) is 0 Å². The predicted octanol–water partition coefficient (Wildman–Crippen LogP) is 2.11. The van der Waals surface area contributed by atoms with Crippen LogP contribution in [0.15, 0.2) is 16.6 Å². The van der Waals surface area contributed by atoms with Crippen LogP contribution < -0.4 is 5.32 Å². The summed E-state index contributed by atoms with van der Waals surface area (Å²) in [4.78, 5) is 0. The maximum Gasteiger partial charge on any atom is 0.170 e. The number of aromatic nitrogens is 4. The molecule has 1 N–H and O–H groups in total. The molecule has 90 valence electrons. The average Bonchev–Trinajstić information content (AvgIpc) is 2.72. The Balaban J connectivity index is 2.52. The van der Waals surface area contributed by atoms with Gasteiger partial charge in [-0.25, -0.2) is 0 Å². The molecular weight excluding hydrogens is 306 g/mol. The van der Waals surface area contributed by atoms with Gasteiger partial charge in [-0.1, -0.05) is 11.6 Å². The van der Waals surface area contributed by atoms with Crippen LogP contribution in [-0.4, -0.2) is 27.3 Å². The van der Waals surface area contributed by atoms with Crippen LogP contribution in [-0.2, 0) is 6.54 Å². The van der Waals surface area contributed by atoms with Crippen molar-refractivity contribution in [1.29, 1.82) is 0 Å². The molecule has 0 aliphatic carbocycles. The van der Waals surface area contributed by atoms with Crippen molar-refractivity contribution in [2.45, 2.75) is 13.5 Å². The molecule has 0 atom stereocenters. The van der Waals surface area contributed by atoms with E-state index in [9.17, 15) is 0 Å². The molecule has 0 amide bonds. The second kappa shape index (κ2) is 5.12. The molecule has 0 bridgehead atoms. The molecule has 0 radical (unpaired) electrons. The fraction of sp³-hybridized carbons (Fsp3) is 0.300. The molecular formula is C10H11BrClN5. The number of benzene rings is 1. The number of nitrogens with one attached hydrogen (secondary N) is 1. The zero-order valence-electron chi connectivity index (χ0n) is 9.41. The van der Waals surface area contributed by atoms with Crippen molar-refractivity contribution in [2.24, 2.45) is 0 Å². The lowest BCUT2D eigenvalue weighted by atomic mass is 10.2. The molecule has 0 saturated carbocycles. The summed E-state index contributed by atoms with van der Waals surface area (Å²) < 4.78 is 2.57. The molecule has 0 aliphatic rings. The van der Waals surface area contributed by atoms with Crippen LogP contribution >= 0.6 is 27.5 Å². The molecule has 1 aromatic heterocycles. The molecule has 17 heavy (non-hydrogen) atoms. The van der Waals surface area contributed by atoms with Crippen molar-refractivity contribution in [3.63, 3.8) is 0 Å². The number of aryl methyl sites for hydroxylation is 1. The van der Waals surface area contributed by atoms with Gasteiger partial charge in [-0.15, -0.1) is 5.10 Å². The molecule has 0 saturated heterocycles. The van der Waals surface area contributed by atoms with Crippen LogP contribution in [0, 0.1) is 6.92 Å². The van der Waals surface area contributed by atoms with Crippen LogP contribution in [0.2, 0.25) is 5.02 Å². The molecule has 1 heterocycles. The molecule has 2 aromatic rings. The fourth-order valence-electron chi connectivity index (χ4n) is 1.46. The van der Waals surface area contributed by atoms with E-state index in [0.29, 0.717) is 11.6 Å². The lowest BCUT2D eigenvalue weighted by Gasteiger charge is -2.08. The van der Waals surface area contributed by atoms with Gasteiger partial charge in [0.25, 0.3) is 0 Å². The van der Waals surface area contributed by atoms with Crippen LogP contribution in [0.5, 0.6) is 0 Å². The van der Waals surface area contributed by atoms with E-state index >= 15 is 0 Å². The summed E-state index contributed by atoms with van der Waals surface area (Å²) in [5, 5.41) is 15.3. The minimum atomic E-state index is 0.588. The van der Waals surface area contributed by atoms with Gasteiger partial charge in [0, 0.05) is 9.50 Å². The van der Waals surface area contributed by atoms with Gasteiger partial charge in [-0.3, -0.25) is 0 Å². The topological polar surface area (TPSA) is 55.6 Å². The number of halogens is 2. The summed E-state index contributed by atoms with van der Waals surface area (Å²) in [5.41, 5.74) is 1.83. The normalized spacial score (nSPS) is 10.8. The van der Waals surface area contributed by atoms with Crippen LogP contribution in [0.4, 0.5) is 0 Å². The third-order valence-corrected chi connectivity index (χ3v) is 3.37. The molecule has 0 spiro atoms. The van der Waals surface area contributed by atoms with Crippen molar-refractivity contribution in [3.05, 3.63) is 33.0 Å². The standard InChI is InChI=1S/C10H11BrClN5/c1-6-3-7(11)9(4-8(6)12)17-10(5-13-2)14-15-16-17/h3-4,13H,5H2,1-2H3. The Morgan fingerprint density at radius 1 is 1.47 bits per heavy atom. The van der Waals surface area contributed by atoms with E-state index in [4.69, 9.17) is 11.6 Å². The average molecular weight is 317 g/mol. The van der Waals surface area contributed by atoms with Gasteiger partial charge in [-0.05, 0) is 58.0 Å². The largest absolute Gasteiger partial charge is 0.313 e. The summed E-state index contributed by atoms with van der Waals surface area (Å²) in [6, 6.07) is 3.79. The maximum absolute atomic E-state index is 6.11. The van der Waals surface area contributed by atoms with E-state index in [1.165, 1.54) is 0 Å². The number of tetrazole rings is 1. The van der Waals surface area contributed by atoms with E-state index in [1.54, 1.807) is 4.68 Å². The Labute approximate surface area is 112 Å². The zero-order valence-corrected chi connectivity index (χ0v) is 11.7. The van der Waals surface area contributed by atoms with Crippen molar-refractivity contribution in [2.75, 3.05) is 7.05 Å². The molecule has 1 aromatic carbocycles. The van der Waals surface area contributed by atoms with Crippen molar-refractivity contribution < 1.29 is 0 Å². The van der Waals surface area contributed by atoms with Crippen molar-refractivity contribution in [3.8, 4) is 5.69 Å². The van der Waals surface area contributed by atoms with Crippen LogP contribution in [0.3, 0.4) is 0 Å². The zero-order chi connectivity index (χ0) is 12.4. The fourth-order valence-corrected chi connectivity index (χ4v) is 2.24. The van der Waals surface area contributed by atoms with Crippen molar-refractivity contribution in [1.82, 2.24) is 25.5 Å². The summed E-state index contributed by atoms with van der Waals surface area (Å²) in [5.74, 6) is 0.730. The summed E-state index contributed by atoms with van der Waals surface area (Å²) in [6.45, 7) is 2.54. The predicted molar refractivity (Wildman–Crippen MR) is 69.4 cm³/mol. The minimum Gasteiger partial charge on any atom is -0.313 e. The van der Waals surface area contributed by atoms with E-state index in [-0.39, 0.29) is 0 Å². The Kier molecular flexibility index (Phi) is 3.76. The summed E-state index contributed by atoms with van der Waals surface area (Å²) in [7, 11) is 1.84. The van der Waals surface area contributed by atoms with Gasteiger partial charge in [0.05, 0.1) is 12.2 Å². The van der Waals surface area contributed by atoms with E-state index in [2.05, 4.69) is 36.8 Å². The number of rotatable bonds is 3. The SMILES string of the molecule is CNCc1nnnn1-c1cc(Cl)c(C)cc1Br. The second-order valence-corrected chi connectivity index (χ2v) is 4.85. The maximum atomic E-state index is 6.11. The Hall–Kier alpha value is -0.980. The van der Waals surface area contributed by atoms with E-state index < -0.39 is 0 Å². The van der Waals surface area contributed by atoms with E-state index in [0.717, 1.165) is 21.5 Å². The molecule has 5 nitrogen and oxygen atoms in total. The van der Waals surface area contributed by atoms with Gasteiger partial charge in [0.15, 0.2) is 5.82 Å². The quantitative estimate of drug-likeness (QED) is 0.942. The smallest absolute Gasteiger partial charge is 0.170 e. The molecule has 2 rings (SSSR count). The second-order valence-electron chi connectivity index (χ2n) is 3.59. The number of hydrogen-bond acceptors (Lipinski definition) is 4. The number of nitrogens with zero attached hydrogens (tertiary/aromatic N) is 4. The number of hydrogen-bond donors (Lipinski definition) is 1. The highest BCUT2D eigenvalue weighted by Crippen LogP contribution is 2.27. The van der Waals surface area contributed by atoms with Gasteiger partial charge >= 0.3 is 0 Å². The third kappa shape index (κ3) is 2.48. The van der Waals surface area contributed by atoms with Crippen molar-refractivity contribution >= 4 is 27.5 Å². The molecule has 7 heteroatoms. The lowest BCUT2D eigenvalue weighted by molar-refractivity contribution is 0.707. The Morgan fingerprint density at radius 3 is 2.94 bits per heavy atom. The Bertz CT molecular complexity index is 539. The molecule has 0 aliphatic heterocycles. The highest BCUT2D eigenvalue weighted by molar-refractivity contribution is 9.10. The van der Waals surface area contributed by atoms with Crippen LogP contribution in [0.1, 0.15) is 11.4 Å². The first kappa shape index (κ1) is 12.5. The third-order valence-electron chi connectivity index (χ3n) is 2.33. The first-order valence-electron chi connectivity index (χ1n) is 5.01. The van der Waals surface area contributed by atoms with Gasteiger partial charge in [0.1, 0.15) is 0 Å². The molecule has 0 fully saturated rings. The molecule has 0 unspecified atom stereocenters. The van der Waals surface area contributed by atoms with Gasteiger partial charge in [-0.2, -0.15) is 4.68 Å².